The van der Waals surface area contributed by atoms with Crippen LogP contribution in [0.3, 0.4) is 0 Å². The molecule has 2 atom stereocenters. The van der Waals surface area contributed by atoms with Crippen LogP contribution in [0.25, 0.3) is 0 Å². The van der Waals surface area contributed by atoms with Gasteiger partial charge in [-0.05, 0) is 14.0 Å². The van der Waals surface area contributed by atoms with Crippen LogP contribution in [0.4, 0.5) is 0 Å². The quantitative estimate of drug-likeness (QED) is 0.593. The van der Waals surface area contributed by atoms with E-state index in [1.807, 2.05) is 18.9 Å². The molecule has 0 aliphatic carbocycles. The lowest BCUT2D eigenvalue weighted by atomic mass is 10.1. The molecule has 0 bridgehead atoms. The molecule has 1 amide bonds. The topological polar surface area (TPSA) is 49.9 Å². The molecule has 0 aromatic heterocycles. The van der Waals surface area contributed by atoms with Crippen molar-refractivity contribution < 1.29 is 14.3 Å². The Hall–Kier alpha value is -1.10. The molecule has 0 spiro atoms. The summed E-state index contributed by atoms with van der Waals surface area (Å²) in [6.45, 7) is 2.77. The Morgan fingerprint density at radius 1 is 1.53 bits per heavy atom. The van der Waals surface area contributed by atoms with E-state index in [0.29, 0.717) is 0 Å². The van der Waals surface area contributed by atoms with Crippen LogP contribution in [0, 0.1) is 0 Å². The van der Waals surface area contributed by atoms with Gasteiger partial charge in [0.15, 0.2) is 0 Å². The molecule has 0 saturated carbocycles. The van der Waals surface area contributed by atoms with Crippen LogP contribution >= 0.6 is 0 Å². The number of piperazine rings is 1. The molecule has 5 heteroatoms. The van der Waals surface area contributed by atoms with Gasteiger partial charge in [-0.25, -0.2) is 0 Å². The Labute approximate surface area is 90.0 Å². The van der Waals surface area contributed by atoms with E-state index in [1.54, 1.807) is 11.9 Å². The number of carbonyl (C=O) groups excluding carboxylic acids is 2. The predicted octanol–water partition coefficient (Wildman–Crippen LogP) is -0.290. The molecule has 1 aliphatic rings. The van der Waals surface area contributed by atoms with Crippen molar-refractivity contribution in [1.82, 2.24) is 9.80 Å². The summed E-state index contributed by atoms with van der Waals surface area (Å²) in [5.74, 6) is -0.357. The molecule has 0 N–H and O–H groups in total. The Bertz CT molecular complexity index is 267. The number of hydrogen-bond donors (Lipinski definition) is 0. The molecule has 1 aliphatic heterocycles. The molecule has 0 radical (unpaired) electrons. The van der Waals surface area contributed by atoms with Crippen molar-refractivity contribution in [3.63, 3.8) is 0 Å². The van der Waals surface area contributed by atoms with Gasteiger partial charge in [0, 0.05) is 19.6 Å². The largest absolute Gasteiger partial charge is 0.469 e. The zero-order valence-electron chi connectivity index (χ0n) is 9.69. The van der Waals surface area contributed by atoms with Crippen LogP contribution in [-0.4, -0.2) is 61.5 Å². The van der Waals surface area contributed by atoms with E-state index in [1.165, 1.54) is 7.11 Å². The summed E-state index contributed by atoms with van der Waals surface area (Å²) in [4.78, 5) is 26.6. The summed E-state index contributed by atoms with van der Waals surface area (Å²) < 4.78 is 4.58. The van der Waals surface area contributed by atoms with Crippen LogP contribution in [0.1, 0.15) is 13.3 Å². The van der Waals surface area contributed by atoms with Gasteiger partial charge in [0.1, 0.15) is 0 Å². The number of carbonyl (C=O) groups is 2. The first-order chi connectivity index (χ1) is 6.97. The molecular weight excluding hydrogens is 196 g/mol. The normalized spacial score (nSPS) is 28.0. The van der Waals surface area contributed by atoms with Crippen LogP contribution in [0.2, 0.25) is 0 Å². The highest BCUT2D eigenvalue weighted by Gasteiger charge is 2.36. The average Bonchev–Trinajstić information content (AvgIpc) is 2.21. The summed E-state index contributed by atoms with van der Waals surface area (Å²) >= 11 is 0. The van der Waals surface area contributed by atoms with E-state index < -0.39 is 0 Å². The zero-order valence-corrected chi connectivity index (χ0v) is 9.69. The van der Waals surface area contributed by atoms with E-state index in [-0.39, 0.29) is 30.4 Å². The van der Waals surface area contributed by atoms with Gasteiger partial charge in [0.25, 0.3) is 0 Å². The maximum absolute atomic E-state index is 11.9. The van der Waals surface area contributed by atoms with Crippen LogP contribution in [-0.2, 0) is 14.3 Å². The Morgan fingerprint density at radius 2 is 2.13 bits per heavy atom. The monoisotopic (exact) mass is 214 g/mol. The van der Waals surface area contributed by atoms with Gasteiger partial charge in [0.2, 0.25) is 5.91 Å². The van der Waals surface area contributed by atoms with Gasteiger partial charge in [-0.2, -0.15) is 0 Å². The maximum Gasteiger partial charge on any atom is 0.307 e. The van der Waals surface area contributed by atoms with Gasteiger partial charge >= 0.3 is 5.97 Å². The van der Waals surface area contributed by atoms with Crippen LogP contribution in [0.15, 0.2) is 0 Å². The van der Waals surface area contributed by atoms with Crippen LogP contribution in [0.5, 0.6) is 0 Å². The van der Waals surface area contributed by atoms with E-state index in [9.17, 15) is 9.59 Å². The summed E-state index contributed by atoms with van der Waals surface area (Å²) in [5.41, 5.74) is 0. The highest BCUT2D eigenvalue weighted by molar-refractivity contribution is 5.87. The fourth-order valence-corrected chi connectivity index (χ4v) is 1.79. The first-order valence-corrected chi connectivity index (χ1v) is 5.01. The number of hydrogen-bond acceptors (Lipinski definition) is 4. The first-order valence-electron chi connectivity index (χ1n) is 5.01. The third-order valence-electron chi connectivity index (χ3n) is 2.97. The Kier molecular flexibility index (Phi) is 3.68. The SMILES string of the molecule is COC(=O)CC1C(=O)N(C)C(C)CN1C. The minimum Gasteiger partial charge on any atom is -0.469 e. The third-order valence-corrected chi connectivity index (χ3v) is 2.97. The van der Waals surface area contributed by atoms with Gasteiger partial charge in [-0.1, -0.05) is 0 Å². The lowest BCUT2D eigenvalue weighted by Crippen LogP contribution is -2.58. The minimum atomic E-state index is -0.376. The van der Waals surface area contributed by atoms with Crippen molar-refractivity contribution in [2.75, 3.05) is 27.7 Å². The van der Waals surface area contributed by atoms with Crippen molar-refractivity contribution in [2.45, 2.75) is 25.4 Å². The molecule has 2 unspecified atom stereocenters. The number of ether oxygens (including phenoxy) is 1. The van der Waals surface area contributed by atoms with Crippen molar-refractivity contribution >= 4 is 11.9 Å². The standard InChI is InChI=1S/C10H18N2O3/c1-7-6-11(2)8(5-9(13)15-4)10(14)12(7)3/h7-8H,5-6H2,1-4H3. The molecule has 15 heavy (non-hydrogen) atoms. The number of methoxy groups -OCH3 is 1. The smallest absolute Gasteiger partial charge is 0.307 e. The number of likely N-dealkylation sites (N-methyl/N-ethyl adjacent to an activating group) is 2. The lowest BCUT2D eigenvalue weighted by Gasteiger charge is -2.40. The second kappa shape index (κ2) is 4.61. The molecule has 0 aromatic carbocycles. The van der Waals surface area contributed by atoms with Gasteiger partial charge < -0.3 is 9.64 Å². The fourth-order valence-electron chi connectivity index (χ4n) is 1.79. The van der Waals surface area contributed by atoms with E-state index in [2.05, 4.69) is 4.74 Å². The molecular formula is C10H18N2O3. The molecule has 1 saturated heterocycles. The Balaban J connectivity index is 2.70. The van der Waals surface area contributed by atoms with Gasteiger partial charge in [-0.15, -0.1) is 0 Å². The van der Waals surface area contributed by atoms with Crippen molar-refractivity contribution in [1.29, 1.82) is 0 Å². The number of esters is 1. The lowest BCUT2D eigenvalue weighted by molar-refractivity contribution is -0.151. The third kappa shape index (κ3) is 2.47. The second-order valence-electron chi connectivity index (χ2n) is 4.03. The van der Waals surface area contributed by atoms with E-state index in [0.717, 1.165) is 6.54 Å². The maximum atomic E-state index is 11.9. The van der Waals surface area contributed by atoms with Crippen LogP contribution < -0.4 is 0 Å². The van der Waals surface area contributed by atoms with Gasteiger partial charge in [0.05, 0.1) is 19.6 Å². The molecule has 1 heterocycles. The summed E-state index contributed by atoms with van der Waals surface area (Å²) in [7, 11) is 4.96. The van der Waals surface area contributed by atoms with E-state index >= 15 is 0 Å². The predicted molar refractivity (Wildman–Crippen MR) is 55.3 cm³/mol. The first kappa shape index (κ1) is 12.0. The molecule has 5 nitrogen and oxygen atoms in total. The minimum absolute atomic E-state index is 0.0124. The average molecular weight is 214 g/mol. The molecule has 86 valence electrons. The Morgan fingerprint density at radius 3 is 2.67 bits per heavy atom. The number of rotatable bonds is 2. The number of nitrogens with zero attached hydrogens (tertiary/aromatic N) is 2. The highest BCUT2D eigenvalue weighted by atomic mass is 16.5. The van der Waals surface area contributed by atoms with Crippen molar-refractivity contribution in [2.24, 2.45) is 0 Å². The zero-order chi connectivity index (χ0) is 11.6. The highest BCUT2D eigenvalue weighted by Crippen LogP contribution is 2.16. The van der Waals surface area contributed by atoms with Crippen molar-refractivity contribution in [3.05, 3.63) is 0 Å². The second-order valence-corrected chi connectivity index (χ2v) is 4.03. The molecule has 1 rings (SSSR count). The number of amides is 1. The summed E-state index contributed by atoms with van der Waals surface area (Å²) in [6, 6.07) is -0.185. The van der Waals surface area contributed by atoms with Crippen molar-refractivity contribution in [3.8, 4) is 0 Å². The molecule has 1 fully saturated rings. The van der Waals surface area contributed by atoms with E-state index in [4.69, 9.17) is 0 Å². The van der Waals surface area contributed by atoms with Gasteiger partial charge in [-0.3, -0.25) is 14.5 Å². The summed E-state index contributed by atoms with van der Waals surface area (Å²) in [5, 5.41) is 0. The summed E-state index contributed by atoms with van der Waals surface area (Å²) in [6.07, 6.45) is 0.128. The fraction of sp³-hybridized carbons (Fsp3) is 0.800. The molecule has 0 aromatic rings.